The zero-order valence-electron chi connectivity index (χ0n) is 10.6. The van der Waals surface area contributed by atoms with Crippen LogP contribution in [0.25, 0.3) is 11.4 Å². The van der Waals surface area contributed by atoms with Crippen LogP contribution in [-0.4, -0.2) is 9.97 Å². The van der Waals surface area contributed by atoms with E-state index < -0.39 is 0 Å². The molecular formula is C13H16FN3S. The van der Waals surface area contributed by atoms with Crippen molar-refractivity contribution in [3.05, 3.63) is 34.5 Å². The van der Waals surface area contributed by atoms with E-state index in [1.807, 2.05) is 5.38 Å². The third kappa shape index (κ3) is 2.73. The summed E-state index contributed by atoms with van der Waals surface area (Å²) in [6.07, 6.45) is 1.19. The van der Waals surface area contributed by atoms with Crippen molar-refractivity contribution < 1.29 is 4.39 Å². The molecule has 1 atom stereocenters. The number of nitrogens with two attached hydrogens (primary N) is 1. The molecule has 1 unspecified atom stereocenters. The number of aromatic nitrogens is 2. The molecule has 0 spiro atoms. The maximum Gasteiger partial charge on any atom is 0.141 e. The van der Waals surface area contributed by atoms with Crippen LogP contribution in [0, 0.1) is 11.2 Å². The Morgan fingerprint density at radius 1 is 1.28 bits per heavy atom. The Morgan fingerprint density at radius 2 is 2.00 bits per heavy atom. The van der Waals surface area contributed by atoms with Crippen LogP contribution in [-0.2, 0) is 0 Å². The van der Waals surface area contributed by atoms with E-state index in [0.717, 1.165) is 10.7 Å². The highest BCUT2D eigenvalue weighted by molar-refractivity contribution is 7.10. The Hall–Kier alpha value is -1.33. The molecule has 2 N–H and O–H groups in total. The zero-order chi connectivity index (χ0) is 13.3. The second-order valence-electron chi connectivity index (χ2n) is 5.28. The van der Waals surface area contributed by atoms with E-state index in [9.17, 15) is 4.39 Å². The number of hydrogen-bond donors (Lipinski definition) is 1. The number of nitrogens with zero attached hydrogens (tertiary/aromatic N) is 2. The second kappa shape index (κ2) is 4.74. The summed E-state index contributed by atoms with van der Waals surface area (Å²) < 4.78 is 12.8. The average Bonchev–Trinajstić information content (AvgIpc) is 2.77. The maximum atomic E-state index is 12.8. The van der Waals surface area contributed by atoms with Crippen LogP contribution in [0.15, 0.2) is 23.7 Å². The summed E-state index contributed by atoms with van der Waals surface area (Å²) in [6.45, 7) is 6.23. The summed E-state index contributed by atoms with van der Waals surface area (Å²) in [7, 11) is 0. The smallest absolute Gasteiger partial charge is 0.141 e. The van der Waals surface area contributed by atoms with Gasteiger partial charge >= 0.3 is 0 Å². The summed E-state index contributed by atoms with van der Waals surface area (Å²) in [5.74, 6) is -0.347. The topological polar surface area (TPSA) is 51.8 Å². The summed E-state index contributed by atoms with van der Waals surface area (Å²) in [5, 5.41) is 2.78. The van der Waals surface area contributed by atoms with Gasteiger partial charge in [0.2, 0.25) is 0 Å². The first-order valence-electron chi connectivity index (χ1n) is 5.71. The minimum atomic E-state index is -0.347. The molecule has 0 aliphatic rings. The van der Waals surface area contributed by atoms with E-state index in [1.54, 1.807) is 6.07 Å². The fourth-order valence-electron chi connectivity index (χ4n) is 1.45. The van der Waals surface area contributed by atoms with Gasteiger partial charge in [0, 0.05) is 5.38 Å². The number of thiazole rings is 1. The molecule has 0 amide bonds. The third-order valence-electron chi connectivity index (χ3n) is 2.71. The van der Waals surface area contributed by atoms with Gasteiger partial charge in [-0.2, -0.15) is 0 Å². The van der Waals surface area contributed by atoms with Crippen LogP contribution < -0.4 is 5.73 Å². The Kier molecular flexibility index (Phi) is 3.45. The molecule has 3 nitrogen and oxygen atoms in total. The zero-order valence-corrected chi connectivity index (χ0v) is 11.5. The Morgan fingerprint density at radius 3 is 2.56 bits per heavy atom. The first-order chi connectivity index (χ1) is 8.38. The van der Waals surface area contributed by atoms with Crippen molar-refractivity contribution in [2.45, 2.75) is 26.8 Å². The number of halogens is 1. The maximum absolute atomic E-state index is 12.8. The lowest BCUT2D eigenvalue weighted by Gasteiger charge is -2.24. The van der Waals surface area contributed by atoms with Gasteiger partial charge in [-0.3, -0.25) is 4.98 Å². The minimum absolute atomic E-state index is 0.0364. The lowest BCUT2D eigenvalue weighted by Crippen LogP contribution is -2.26. The van der Waals surface area contributed by atoms with Crippen molar-refractivity contribution in [3.63, 3.8) is 0 Å². The Bertz CT molecular complexity index is 528. The van der Waals surface area contributed by atoms with Gasteiger partial charge in [-0.15, -0.1) is 11.3 Å². The molecule has 0 fully saturated rings. The molecule has 0 aliphatic carbocycles. The van der Waals surface area contributed by atoms with Gasteiger partial charge in [0.25, 0.3) is 0 Å². The summed E-state index contributed by atoms with van der Waals surface area (Å²) in [6, 6.07) is 2.89. The second-order valence-corrected chi connectivity index (χ2v) is 6.17. The standard InChI is InChI=1S/C13H16FN3S/c1-13(2,3)11(15)12-17-10(7-18-12)9-5-4-8(14)6-16-9/h4-7,11H,15H2,1-3H3. The lowest BCUT2D eigenvalue weighted by molar-refractivity contribution is 0.326. The van der Waals surface area contributed by atoms with Gasteiger partial charge in [0.15, 0.2) is 0 Å². The van der Waals surface area contributed by atoms with Crippen molar-refractivity contribution in [1.29, 1.82) is 0 Å². The van der Waals surface area contributed by atoms with E-state index in [-0.39, 0.29) is 17.3 Å². The van der Waals surface area contributed by atoms with Crippen molar-refractivity contribution >= 4 is 11.3 Å². The molecule has 2 heterocycles. The molecule has 5 heteroatoms. The summed E-state index contributed by atoms with van der Waals surface area (Å²) >= 11 is 1.51. The fourth-order valence-corrected chi connectivity index (χ4v) is 2.50. The number of pyridine rings is 1. The van der Waals surface area contributed by atoms with Gasteiger partial charge < -0.3 is 5.73 Å². The van der Waals surface area contributed by atoms with Gasteiger partial charge in [0.05, 0.1) is 23.6 Å². The number of rotatable bonds is 2. The highest BCUT2D eigenvalue weighted by Gasteiger charge is 2.25. The van der Waals surface area contributed by atoms with E-state index in [1.165, 1.54) is 23.6 Å². The molecule has 0 aliphatic heterocycles. The summed E-state index contributed by atoms with van der Waals surface area (Å²) in [5.41, 5.74) is 7.53. The van der Waals surface area contributed by atoms with E-state index in [2.05, 4.69) is 30.7 Å². The molecule has 0 radical (unpaired) electrons. The van der Waals surface area contributed by atoms with Gasteiger partial charge in [-0.05, 0) is 17.5 Å². The molecule has 96 valence electrons. The van der Waals surface area contributed by atoms with Crippen LogP contribution >= 0.6 is 11.3 Å². The predicted octanol–water partition coefficient (Wildman–Crippen LogP) is 3.39. The van der Waals surface area contributed by atoms with Crippen molar-refractivity contribution in [1.82, 2.24) is 9.97 Å². The first kappa shape index (κ1) is 13.1. The van der Waals surface area contributed by atoms with E-state index in [0.29, 0.717) is 5.69 Å². The molecule has 18 heavy (non-hydrogen) atoms. The Labute approximate surface area is 110 Å². The predicted molar refractivity (Wildman–Crippen MR) is 71.7 cm³/mol. The highest BCUT2D eigenvalue weighted by atomic mass is 32.1. The van der Waals surface area contributed by atoms with Gasteiger partial charge in [-0.1, -0.05) is 20.8 Å². The molecule has 2 aromatic rings. The molecular weight excluding hydrogens is 249 g/mol. The molecule has 0 aromatic carbocycles. The minimum Gasteiger partial charge on any atom is -0.322 e. The van der Waals surface area contributed by atoms with E-state index in [4.69, 9.17) is 5.73 Å². The molecule has 0 saturated carbocycles. The SMILES string of the molecule is CC(C)(C)C(N)c1nc(-c2ccc(F)cn2)cs1. The molecule has 0 bridgehead atoms. The first-order valence-corrected chi connectivity index (χ1v) is 6.59. The van der Waals surface area contributed by atoms with Crippen LogP contribution in [0.2, 0.25) is 0 Å². The number of hydrogen-bond acceptors (Lipinski definition) is 4. The quantitative estimate of drug-likeness (QED) is 0.905. The largest absolute Gasteiger partial charge is 0.322 e. The van der Waals surface area contributed by atoms with E-state index >= 15 is 0 Å². The lowest BCUT2D eigenvalue weighted by atomic mass is 9.88. The average molecular weight is 265 g/mol. The molecule has 0 saturated heterocycles. The molecule has 2 aromatic heterocycles. The molecule has 2 rings (SSSR count). The van der Waals surface area contributed by atoms with Crippen LogP contribution in [0.5, 0.6) is 0 Å². The van der Waals surface area contributed by atoms with Crippen molar-refractivity contribution in [2.75, 3.05) is 0 Å². The van der Waals surface area contributed by atoms with Crippen LogP contribution in [0.1, 0.15) is 31.8 Å². The Balaban J connectivity index is 2.28. The van der Waals surface area contributed by atoms with Crippen molar-refractivity contribution in [2.24, 2.45) is 11.1 Å². The third-order valence-corrected chi connectivity index (χ3v) is 3.64. The van der Waals surface area contributed by atoms with Gasteiger partial charge in [0.1, 0.15) is 10.8 Å². The van der Waals surface area contributed by atoms with Gasteiger partial charge in [-0.25, -0.2) is 9.37 Å². The van der Waals surface area contributed by atoms with Crippen LogP contribution in [0.3, 0.4) is 0 Å². The summed E-state index contributed by atoms with van der Waals surface area (Å²) in [4.78, 5) is 8.50. The normalized spacial score (nSPS) is 13.6. The highest BCUT2D eigenvalue weighted by Crippen LogP contribution is 2.33. The monoisotopic (exact) mass is 265 g/mol. The fraction of sp³-hybridized carbons (Fsp3) is 0.385. The van der Waals surface area contributed by atoms with Crippen LogP contribution in [0.4, 0.5) is 4.39 Å². The van der Waals surface area contributed by atoms with Crippen molar-refractivity contribution in [3.8, 4) is 11.4 Å².